The van der Waals surface area contributed by atoms with Crippen LogP contribution in [0.4, 0.5) is 4.39 Å². The summed E-state index contributed by atoms with van der Waals surface area (Å²) in [5, 5.41) is 0. The van der Waals surface area contributed by atoms with E-state index in [1.165, 1.54) is 89.5 Å². The summed E-state index contributed by atoms with van der Waals surface area (Å²) < 4.78 is 13.4. The van der Waals surface area contributed by atoms with E-state index in [1.54, 1.807) is 12.3 Å². The Morgan fingerprint density at radius 1 is 0.739 bits per heavy atom. The first kappa shape index (κ1) is 20.1. The number of rotatable bonds is 15. The Morgan fingerprint density at radius 2 is 1.22 bits per heavy atom. The molecule has 1 nitrogen and oxygen atoms in total. The third-order valence-electron chi connectivity index (χ3n) is 4.60. The highest BCUT2D eigenvalue weighted by atomic mass is 19.1. The van der Waals surface area contributed by atoms with Crippen LogP contribution < -0.4 is 0 Å². The topological polar surface area (TPSA) is 12.9 Å². The molecule has 0 aliphatic rings. The molecule has 132 valence electrons. The Labute approximate surface area is 143 Å². The van der Waals surface area contributed by atoms with Crippen molar-refractivity contribution in [2.45, 2.75) is 103 Å². The second-order valence-electron chi connectivity index (χ2n) is 6.78. The van der Waals surface area contributed by atoms with Gasteiger partial charge in [-0.1, -0.05) is 90.4 Å². The summed E-state index contributed by atoms with van der Waals surface area (Å²) >= 11 is 0. The first-order valence-electron chi connectivity index (χ1n) is 9.94. The van der Waals surface area contributed by atoms with Crippen molar-refractivity contribution in [1.82, 2.24) is 4.98 Å². The van der Waals surface area contributed by atoms with Gasteiger partial charge in [-0.15, -0.1) is 0 Å². The fourth-order valence-electron chi connectivity index (χ4n) is 3.09. The summed E-state index contributed by atoms with van der Waals surface area (Å²) in [6.07, 6.45) is 21.4. The van der Waals surface area contributed by atoms with Gasteiger partial charge < -0.3 is 0 Å². The Kier molecular flexibility index (Phi) is 12.8. The van der Waals surface area contributed by atoms with Crippen LogP contribution in [0.5, 0.6) is 0 Å². The highest BCUT2D eigenvalue weighted by molar-refractivity contribution is 5.06. The lowest BCUT2D eigenvalue weighted by molar-refractivity contribution is 0.532. The summed E-state index contributed by atoms with van der Waals surface area (Å²) in [7, 11) is 0. The predicted octanol–water partition coefficient (Wildman–Crippen LogP) is 7.24. The van der Waals surface area contributed by atoms with Crippen molar-refractivity contribution < 1.29 is 4.39 Å². The molecule has 1 rings (SSSR count). The van der Waals surface area contributed by atoms with E-state index < -0.39 is 0 Å². The number of hydrogen-bond donors (Lipinski definition) is 0. The van der Waals surface area contributed by atoms with Gasteiger partial charge in [0.2, 0.25) is 0 Å². The van der Waals surface area contributed by atoms with Crippen LogP contribution in [0.25, 0.3) is 0 Å². The molecule has 0 atom stereocenters. The Hall–Kier alpha value is -0.920. The van der Waals surface area contributed by atoms with Crippen molar-refractivity contribution in [3.8, 4) is 0 Å². The van der Waals surface area contributed by atoms with Gasteiger partial charge in [-0.3, -0.25) is 4.98 Å². The lowest BCUT2D eigenvalue weighted by atomic mass is 10.0. The lowest BCUT2D eigenvalue weighted by Crippen LogP contribution is -1.94. The monoisotopic (exact) mass is 321 g/mol. The molecule has 1 aromatic rings. The molecule has 23 heavy (non-hydrogen) atoms. The van der Waals surface area contributed by atoms with Gasteiger partial charge in [0.15, 0.2) is 0 Å². The van der Waals surface area contributed by atoms with Gasteiger partial charge in [-0.05, 0) is 25.0 Å². The molecule has 0 aromatic carbocycles. The number of nitrogens with zero attached hydrogens (tertiary/aromatic N) is 1. The molecule has 0 aliphatic carbocycles. The largest absolute Gasteiger partial charge is 0.258 e. The molecule has 0 aliphatic heterocycles. The maximum Gasteiger partial charge on any atom is 0.144 e. The second-order valence-corrected chi connectivity index (χ2v) is 6.78. The molecule has 0 N–H and O–H groups in total. The van der Waals surface area contributed by atoms with Crippen molar-refractivity contribution in [2.75, 3.05) is 0 Å². The standard InChI is InChI=1S/C21H36FN/c1-2-3-4-5-6-7-8-9-10-11-12-13-14-15-18-21-20(22)17-16-19-23-21/h16-17,19H,2-15,18H2,1H3. The second kappa shape index (κ2) is 14.7. The summed E-state index contributed by atoms with van der Waals surface area (Å²) in [4.78, 5) is 4.10. The highest BCUT2D eigenvalue weighted by Gasteiger charge is 2.01. The van der Waals surface area contributed by atoms with E-state index >= 15 is 0 Å². The summed E-state index contributed by atoms with van der Waals surface area (Å²) in [6.45, 7) is 2.27. The maximum atomic E-state index is 13.4. The van der Waals surface area contributed by atoms with E-state index in [-0.39, 0.29) is 5.82 Å². The van der Waals surface area contributed by atoms with Crippen LogP contribution in [-0.2, 0) is 6.42 Å². The van der Waals surface area contributed by atoms with E-state index in [1.807, 2.05) is 0 Å². The fraction of sp³-hybridized carbons (Fsp3) is 0.762. The van der Waals surface area contributed by atoms with Gasteiger partial charge in [0.25, 0.3) is 0 Å². The van der Waals surface area contributed by atoms with E-state index in [0.29, 0.717) is 5.69 Å². The molecule has 0 spiro atoms. The molecule has 0 radical (unpaired) electrons. The van der Waals surface area contributed by atoms with Gasteiger partial charge in [0.05, 0.1) is 5.69 Å². The number of hydrogen-bond acceptors (Lipinski definition) is 1. The Balaban J connectivity index is 1.79. The average Bonchev–Trinajstić information content (AvgIpc) is 2.57. The third-order valence-corrected chi connectivity index (χ3v) is 4.60. The van der Waals surface area contributed by atoms with E-state index in [4.69, 9.17) is 0 Å². The van der Waals surface area contributed by atoms with Crippen LogP contribution in [0.1, 0.15) is 103 Å². The van der Waals surface area contributed by atoms with Gasteiger partial charge in [-0.25, -0.2) is 4.39 Å². The molecule has 0 saturated heterocycles. The van der Waals surface area contributed by atoms with Gasteiger partial charge in [0.1, 0.15) is 5.82 Å². The lowest BCUT2D eigenvalue weighted by Gasteiger charge is -2.04. The predicted molar refractivity (Wildman–Crippen MR) is 98.2 cm³/mol. The summed E-state index contributed by atoms with van der Waals surface area (Å²) in [6, 6.07) is 3.16. The number of pyridine rings is 1. The van der Waals surface area contributed by atoms with Crippen LogP contribution in [0, 0.1) is 5.82 Å². The molecule has 0 amide bonds. The zero-order valence-electron chi connectivity index (χ0n) is 15.2. The molecule has 0 unspecified atom stereocenters. The first-order chi connectivity index (χ1) is 11.3. The van der Waals surface area contributed by atoms with Crippen LogP contribution in [0.2, 0.25) is 0 Å². The zero-order valence-corrected chi connectivity index (χ0v) is 15.2. The maximum absolute atomic E-state index is 13.4. The minimum absolute atomic E-state index is 0.151. The molecule has 1 aromatic heterocycles. The smallest absolute Gasteiger partial charge is 0.144 e. The molecule has 0 bridgehead atoms. The minimum Gasteiger partial charge on any atom is -0.258 e. The van der Waals surface area contributed by atoms with Crippen molar-refractivity contribution in [3.63, 3.8) is 0 Å². The number of aryl methyl sites for hydroxylation is 1. The van der Waals surface area contributed by atoms with Crippen molar-refractivity contribution >= 4 is 0 Å². The van der Waals surface area contributed by atoms with Crippen LogP contribution >= 0.6 is 0 Å². The summed E-state index contributed by atoms with van der Waals surface area (Å²) in [5.41, 5.74) is 0.631. The minimum atomic E-state index is -0.151. The number of aromatic nitrogens is 1. The first-order valence-corrected chi connectivity index (χ1v) is 9.94. The number of halogens is 1. The summed E-state index contributed by atoms with van der Waals surface area (Å²) in [5.74, 6) is -0.151. The van der Waals surface area contributed by atoms with E-state index in [0.717, 1.165) is 12.8 Å². The Morgan fingerprint density at radius 3 is 1.70 bits per heavy atom. The van der Waals surface area contributed by atoms with Crippen molar-refractivity contribution in [2.24, 2.45) is 0 Å². The van der Waals surface area contributed by atoms with Crippen LogP contribution in [0.3, 0.4) is 0 Å². The molecule has 0 fully saturated rings. The quantitative estimate of drug-likeness (QED) is 0.310. The zero-order chi connectivity index (χ0) is 16.6. The highest BCUT2D eigenvalue weighted by Crippen LogP contribution is 2.14. The van der Waals surface area contributed by atoms with Gasteiger partial charge in [-0.2, -0.15) is 0 Å². The molecule has 1 heterocycles. The Bertz CT molecular complexity index is 378. The van der Waals surface area contributed by atoms with Crippen LogP contribution in [-0.4, -0.2) is 4.98 Å². The van der Waals surface area contributed by atoms with Crippen molar-refractivity contribution in [1.29, 1.82) is 0 Å². The van der Waals surface area contributed by atoms with E-state index in [9.17, 15) is 4.39 Å². The molecular weight excluding hydrogens is 285 g/mol. The normalized spacial score (nSPS) is 11.0. The third kappa shape index (κ3) is 11.3. The SMILES string of the molecule is CCCCCCCCCCCCCCCCc1ncccc1F. The molecule has 0 saturated carbocycles. The average molecular weight is 322 g/mol. The van der Waals surface area contributed by atoms with Gasteiger partial charge >= 0.3 is 0 Å². The number of unbranched alkanes of at least 4 members (excludes halogenated alkanes) is 13. The van der Waals surface area contributed by atoms with Crippen LogP contribution in [0.15, 0.2) is 18.3 Å². The van der Waals surface area contributed by atoms with E-state index in [2.05, 4.69) is 11.9 Å². The molecular formula is C21H36FN. The molecule has 2 heteroatoms. The van der Waals surface area contributed by atoms with Crippen molar-refractivity contribution in [3.05, 3.63) is 29.8 Å². The van der Waals surface area contributed by atoms with Gasteiger partial charge in [0, 0.05) is 6.20 Å². The fourth-order valence-corrected chi connectivity index (χ4v) is 3.09.